The summed E-state index contributed by atoms with van der Waals surface area (Å²) in [4.78, 5) is 30.0. The fourth-order valence-corrected chi connectivity index (χ4v) is 5.33. The Morgan fingerprint density at radius 1 is 1.13 bits per heavy atom. The van der Waals surface area contributed by atoms with Crippen molar-refractivity contribution < 1.29 is 14.3 Å². The molecule has 3 heterocycles. The summed E-state index contributed by atoms with van der Waals surface area (Å²) in [7, 11) is 1.93. The third-order valence-electron chi connectivity index (χ3n) is 7.20. The maximum atomic E-state index is 13.2. The summed E-state index contributed by atoms with van der Waals surface area (Å²) in [6.07, 6.45) is 13.2. The van der Waals surface area contributed by atoms with E-state index < -0.39 is 0 Å². The van der Waals surface area contributed by atoms with Crippen LogP contribution in [-0.2, 0) is 9.53 Å². The van der Waals surface area contributed by atoms with Crippen LogP contribution in [0.3, 0.4) is 0 Å². The van der Waals surface area contributed by atoms with Gasteiger partial charge >= 0.3 is 0 Å². The Morgan fingerprint density at radius 3 is 2.70 bits per heavy atom. The summed E-state index contributed by atoms with van der Waals surface area (Å²) in [5, 5.41) is 7.31. The highest BCUT2D eigenvalue weighted by molar-refractivity contribution is 5.95. The lowest BCUT2D eigenvalue weighted by atomic mass is 9.91. The number of aromatic amines is 1. The van der Waals surface area contributed by atoms with E-state index in [1.165, 1.54) is 19.3 Å². The number of carbonyl (C=O) groups is 2. The van der Waals surface area contributed by atoms with Gasteiger partial charge in [0.15, 0.2) is 0 Å². The molecule has 0 spiro atoms. The van der Waals surface area contributed by atoms with Crippen LogP contribution >= 0.6 is 0 Å². The Balaban J connectivity index is 1.39. The third kappa shape index (κ3) is 4.88. The zero-order valence-electron chi connectivity index (χ0n) is 18.3. The van der Waals surface area contributed by atoms with Crippen molar-refractivity contribution in [1.29, 1.82) is 0 Å². The largest absolute Gasteiger partial charge is 0.378 e. The lowest BCUT2D eigenvalue weighted by Gasteiger charge is -2.35. The Kier molecular flexibility index (Phi) is 7.08. The van der Waals surface area contributed by atoms with Crippen molar-refractivity contribution >= 4 is 11.8 Å². The molecule has 0 bridgehead atoms. The second-order valence-electron chi connectivity index (χ2n) is 9.28. The lowest BCUT2D eigenvalue weighted by molar-refractivity contribution is -0.136. The van der Waals surface area contributed by atoms with Gasteiger partial charge in [-0.2, -0.15) is 5.10 Å². The Hall–Kier alpha value is -1.89. The molecule has 2 aliphatic heterocycles. The molecule has 2 saturated heterocycles. The predicted molar refractivity (Wildman–Crippen MR) is 114 cm³/mol. The standard InChI is InChI=1S/C23H36N4O3/c1-26(18-9-3-2-4-10-18)23(29)20-15-24-25-22(20)17-8-7-12-27(16-17)21(28)14-19-11-5-6-13-30-19/h15,17-19H,2-14,16H2,1H3,(H,24,25)/t17-,19-/m1/s1. The molecule has 2 amide bonds. The van der Waals surface area contributed by atoms with Crippen LogP contribution in [0.1, 0.15) is 92.6 Å². The summed E-state index contributed by atoms with van der Waals surface area (Å²) in [6.45, 7) is 2.22. The summed E-state index contributed by atoms with van der Waals surface area (Å²) >= 11 is 0. The fraction of sp³-hybridized carbons (Fsp3) is 0.783. The van der Waals surface area contributed by atoms with E-state index in [2.05, 4.69) is 10.2 Å². The van der Waals surface area contributed by atoms with Gasteiger partial charge in [-0.1, -0.05) is 19.3 Å². The normalized spacial score (nSPS) is 25.8. The minimum Gasteiger partial charge on any atom is -0.378 e. The Morgan fingerprint density at radius 2 is 1.93 bits per heavy atom. The highest BCUT2D eigenvalue weighted by Crippen LogP contribution is 2.30. The number of nitrogens with one attached hydrogen (secondary N) is 1. The van der Waals surface area contributed by atoms with E-state index in [0.717, 1.165) is 63.8 Å². The first kappa shape index (κ1) is 21.3. The molecule has 1 saturated carbocycles. The van der Waals surface area contributed by atoms with E-state index >= 15 is 0 Å². The maximum Gasteiger partial charge on any atom is 0.257 e. The molecule has 0 unspecified atom stereocenters. The fourth-order valence-electron chi connectivity index (χ4n) is 5.33. The summed E-state index contributed by atoms with van der Waals surface area (Å²) in [6, 6.07) is 0.328. The Labute approximate surface area is 179 Å². The van der Waals surface area contributed by atoms with Gasteiger partial charge in [0, 0.05) is 38.7 Å². The number of aromatic nitrogens is 2. The smallest absolute Gasteiger partial charge is 0.257 e. The number of piperidine rings is 1. The second kappa shape index (κ2) is 9.94. The molecule has 7 heteroatoms. The number of ether oxygens (including phenoxy) is 1. The Bertz CT molecular complexity index is 722. The average Bonchev–Trinajstić information content (AvgIpc) is 3.29. The van der Waals surface area contributed by atoms with Crippen molar-refractivity contribution in [1.82, 2.24) is 20.0 Å². The van der Waals surface area contributed by atoms with E-state index in [9.17, 15) is 9.59 Å². The molecule has 7 nitrogen and oxygen atoms in total. The third-order valence-corrected chi connectivity index (χ3v) is 7.20. The molecular formula is C23H36N4O3. The molecule has 30 heavy (non-hydrogen) atoms. The van der Waals surface area contributed by atoms with Gasteiger partial charge in [0.25, 0.3) is 5.91 Å². The number of carbonyl (C=O) groups excluding carboxylic acids is 2. The molecule has 2 atom stereocenters. The van der Waals surface area contributed by atoms with Crippen LogP contribution in [0.25, 0.3) is 0 Å². The number of rotatable bonds is 5. The van der Waals surface area contributed by atoms with Gasteiger partial charge < -0.3 is 14.5 Å². The number of likely N-dealkylation sites (tertiary alicyclic amines) is 1. The van der Waals surface area contributed by atoms with E-state index in [0.29, 0.717) is 24.6 Å². The number of hydrogen-bond acceptors (Lipinski definition) is 4. The lowest BCUT2D eigenvalue weighted by Crippen LogP contribution is -2.42. The molecule has 4 rings (SSSR count). The minimum absolute atomic E-state index is 0.0599. The van der Waals surface area contributed by atoms with E-state index in [1.54, 1.807) is 6.20 Å². The van der Waals surface area contributed by atoms with Crippen molar-refractivity contribution in [2.75, 3.05) is 26.7 Å². The number of H-pyrrole nitrogens is 1. The topological polar surface area (TPSA) is 78.5 Å². The quantitative estimate of drug-likeness (QED) is 0.797. The molecule has 0 radical (unpaired) electrons. The van der Waals surface area contributed by atoms with Crippen LogP contribution in [0.5, 0.6) is 0 Å². The molecule has 1 aromatic heterocycles. The molecule has 0 aromatic carbocycles. The summed E-state index contributed by atoms with van der Waals surface area (Å²) in [5.74, 6) is 0.374. The molecule has 3 fully saturated rings. The first-order chi connectivity index (χ1) is 14.6. The monoisotopic (exact) mass is 416 g/mol. The van der Waals surface area contributed by atoms with Crippen LogP contribution < -0.4 is 0 Å². The van der Waals surface area contributed by atoms with E-state index in [1.807, 2.05) is 16.8 Å². The van der Waals surface area contributed by atoms with Crippen LogP contribution in [0.2, 0.25) is 0 Å². The van der Waals surface area contributed by atoms with Crippen molar-refractivity contribution in [2.45, 2.75) is 88.7 Å². The predicted octanol–water partition coefficient (Wildman–Crippen LogP) is 3.48. The van der Waals surface area contributed by atoms with Crippen LogP contribution in [0.15, 0.2) is 6.20 Å². The molecule has 166 valence electrons. The van der Waals surface area contributed by atoms with Crippen molar-refractivity contribution in [2.24, 2.45) is 0 Å². The second-order valence-corrected chi connectivity index (χ2v) is 9.28. The van der Waals surface area contributed by atoms with Gasteiger partial charge in [-0.25, -0.2) is 0 Å². The zero-order valence-corrected chi connectivity index (χ0v) is 18.3. The summed E-state index contributed by atoms with van der Waals surface area (Å²) < 4.78 is 5.76. The van der Waals surface area contributed by atoms with Gasteiger partial charge in [-0.15, -0.1) is 0 Å². The number of hydrogen-bond donors (Lipinski definition) is 1. The van der Waals surface area contributed by atoms with Gasteiger partial charge in [-0.05, 0) is 44.9 Å². The molecule has 3 aliphatic rings. The molecule has 1 aliphatic carbocycles. The highest BCUT2D eigenvalue weighted by Gasteiger charge is 2.32. The van der Waals surface area contributed by atoms with Gasteiger partial charge in [-0.3, -0.25) is 14.7 Å². The average molecular weight is 417 g/mol. The van der Waals surface area contributed by atoms with Gasteiger partial charge in [0.05, 0.1) is 30.0 Å². The van der Waals surface area contributed by atoms with Crippen LogP contribution in [0.4, 0.5) is 0 Å². The van der Waals surface area contributed by atoms with E-state index in [-0.39, 0.29) is 23.8 Å². The molecular weight excluding hydrogens is 380 g/mol. The first-order valence-electron chi connectivity index (χ1n) is 11.8. The number of nitrogens with zero attached hydrogens (tertiary/aromatic N) is 3. The van der Waals surface area contributed by atoms with Crippen LogP contribution in [0, 0.1) is 0 Å². The van der Waals surface area contributed by atoms with Gasteiger partial charge in [0.1, 0.15) is 0 Å². The molecule has 1 N–H and O–H groups in total. The SMILES string of the molecule is CN(C(=O)c1cn[nH]c1[C@@H]1CCCN(C(=O)C[C@H]2CCCCO2)C1)C1CCCCC1. The minimum atomic E-state index is 0.0599. The van der Waals surface area contributed by atoms with Crippen molar-refractivity contribution in [3.05, 3.63) is 17.5 Å². The van der Waals surface area contributed by atoms with E-state index in [4.69, 9.17) is 4.74 Å². The molecule has 1 aromatic rings. The van der Waals surface area contributed by atoms with Crippen molar-refractivity contribution in [3.8, 4) is 0 Å². The van der Waals surface area contributed by atoms with Crippen LogP contribution in [-0.4, -0.2) is 70.7 Å². The van der Waals surface area contributed by atoms with Gasteiger partial charge in [0.2, 0.25) is 5.91 Å². The maximum absolute atomic E-state index is 13.2. The first-order valence-corrected chi connectivity index (χ1v) is 11.8. The summed E-state index contributed by atoms with van der Waals surface area (Å²) in [5.41, 5.74) is 1.58. The highest BCUT2D eigenvalue weighted by atomic mass is 16.5. The number of amides is 2. The zero-order chi connectivity index (χ0) is 20.9. The van der Waals surface area contributed by atoms with Crippen molar-refractivity contribution in [3.63, 3.8) is 0 Å².